The smallest absolute Gasteiger partial charge is 0.248 e. The van der Waals surface area contributed by atoms with Crippen LogP contribution in [-0.2, 0) is 20.7 Å². The maximum absolute atomic E-state index is 13.1. The van der Waals surface area contributed by atoms with Gasteiger partial charge in [0, 0.05) is 26.7 Å². The molecule has 1 saturated heterocycles. The number of nitrogens with zero attached hydrogens (tertiary/aromatic N) is 1. The van der Waals surface area contributed by atoms with Gasteiger partial charge in [-0.3, -0.25) is 9.59 Å². The quantitative estimate of drug-likeness (QED) is 0.785. The Balaban J connectivity index is 1.94. The van der Waals surface area contributed by atoms with Crippen molar-refractivity contribution >= 4 is 11.8 Å². The number of hydrogen-bond donors (Lipinski definition) is 1. The van der Waals surface area contributed by atoms with Crippen LogP contribution in [0, 0.1) is 12.3 Å². The van der Waals surface area contributed by atoms with E-state index in [1.807, 2.05) is 19.1 Å². The molecule has 0 spiro atoms. The fourth-order valence-electron chi connectivity index (χ4n) is 4.19. The predicted octanol–water partition coefficient (Wildman–Crippen LogP) is 3.21. The highest BCUT2D eigenvalue weighted by Gasteiger charge is 2.46. The number of ether oxygens (including phenoxy) is 1. The highest BCUT2D eigenvalue weighted by Crippen LogP contribution is 2.37. The van der Waals surface area contributed by atoms with Gasteiger partial charge < -0.3 is 15.0 Å². The predicted molar refractivity (Wildman–Crippen MR) is 115 cm³/mol. The summed E-state index contributed by atoms with van der Waals surface area (Å²) in [5.41, 5.74) is 4.00. The number of benzene rings is 2. The van der Waals surface area contributed by atoms with Gasteiger partial charge in [0.1, 0.15) is 6.61 Å². The van der Waals surface area contributed by atoms with Crippen LogP contribution in [0.3, 0.4) is 0 Å². The van der Waals surface area contributed by atoms with Crippen molar-refractivity contribution < 1.29 is 14.3 Å². The Labute approximate surface area is 173 Å². The van der Waals surface area contributed by atoms with Crippen LogP contribution in [0.1, 0.15) is 24.5 Å². The average molecular weight is 395 g/mol. The van der Waals surface area contributed by atoms with Crippen molar-refractivity contribution in [2.75, 3.05) is 33.4 Å². The number of nitrogens with one attached hydrogen (secondary N) is 1. The van der Waals surface area contributed by atoms with Crippen molar-refractivity contribution in [2.24, 2.45) is 5.41 Å². The summed E-state index contributed by atoms with van der Waals surface area (Å²) in [7, 11) is 1.52. The lowest BCUT2D eigenvalue weighted by Crippen LogP contribution is -2.45. The fourth-order valence-corrected chi connectivity index (χ4v) is 4.19. The monoisotopic (exact) mass is 394 g/mol. The molecule has 0 radical (unpaired) electrons. The molecule has 5 heteroatoms. The summed E-state index contributed by atoms with van der Waals surface area (Å²) in [6.45, 7) is 5.63. The van der Waals surface area contributed by atoms with E-state index in [2.05, 4.69) is 48.6 Å². The van der Waals surface area contributed by atoms with Gasteiger partial charge in [0.15, 0.2) is 0 Å². The van der Waals surface area contributed by atoms with E-state index in [9.17, 15) is 9.59 Å². The van der Waals surface area contributed by atoms with Crippen molar-refractivity contribution in [3.63, 3.8) is 0 Å². The zero-order valence-corrected chi connectivity index (χ0v) is 17.5. The maximum atomic E-state index is 13.1. The van der Waals surface area contributed by atoms with Crippen LogP contribution in [-0.4, -0.2) is 50.1 Å². The lowest BCUT2D eigenvalue weighted by atomic mass is 9.78. The van der Waals surface area contributed by atoms with Crippen LogP contribution in [0.2, 0.25) is 0 Å². The van der Waals surface area contributed by atoms with Gasteiger partial charge >= 0.3 is 0 Å². The molecule has 0 bridgehead atoms. The van der Waals surface area contributed by atoms with Gasteiger partial charge in [0.2, 0.25) is 11.8 Å². The lowest BCUT2D eigenvalue weighted by Gasteiger charge is -2.29. The molecule has 1 N–H and O–H groups in total. The first-order valence-corrected chi connectivity index (χ1v) is 10.2. The minimum atomic E-state index is -0.626. The molecular weight excluding hydrogens is 364 g/mol. The summed E-state index contributed by atoms with van der Waals surface area (Å²) >= 11 is 0. The zero-order valence-electron chi connectivity index (χ0n) is 17.5. The van der Waals surface area contributed by atoms with Gasteiger partial charge in [0.25, 0.3) is 0 Å². The maximum Gasteiger partial charge on any atom is 0.248 e. The highest BCUT2D eigenvalue weighted by atomic mass is 16.5. The number of carbonyl (C=O) groups is 2. The SMILES string of the molecule is CCNC(=O)[C@@]1(Cc2ccccc2-c2cccc(C)c2)CCN(C(=O)COC)C1. The first kappa shape index (κ1) is 21.1. The summed E-state index contributed by atoms with van der Waals surface area (Å²) < 4.78 is 5.01. The molecule has 0 unspecified atom stereocenters. The average Bonchev–Trinajstić information content (AvgIpc) is 3.14. The van der Waals surface area contributed by atoms with Gasteiger partial charge in [-0.1, -0.05) is 54.1 Å². The van der Waals surface area contributed by atoms with Crippen LogP contribution >= 0.6 is 0 Å². The molecule has 29 heavy (non-hydrogen) atoms. The number of likely N-dealkylation sites (tertiary alicyclic amines) is 1. The molecule has 1 heterocycles. The topological polar surface area (TPSA) is 58.6 Å². The molecule has 2 aromatic rings. The van der Waals surface area contributed by atoms with Crippen molar-refractivity contribution in [2.45, 2.75) is 26.7 Å². The van der Waals surface area contributed by atoms with Crippen LogP contribution < -0.4 is 5.32 Å². The summed E-state index contributed by atoms with van der Waals surface area (Å²) in [6, 6.07) is 16.7. The number of hydrogen-bond acceptors (Lipinski definition) is 3. The Morgan fingerprint density at radius 2 is 1.97 bits per heavy atom. The molecular formula is C24H30N2O3. The first-order chi connectivity index (χ1) is 14.0. The molecule has 0 aliphatic carbocycles. The third-order valence-corrected chi connectivity index (χ3v) is 5.67. The van der Waals surface area contributed by atoms with E-state index in [-0.39, 0.29) is 18.4 Å². The molecule has 0 saturated carbocycles. The number of methoxy groups -OCH3 is 1. The Bertz CT molecular complexity index is 880. The molecule has 1 aliphatic rings. The molecule has 5 nitrogen and oxygen atoms in total. The van der Waals surface area contributed by atoms with Crippen LogP contribution in [0.4, 0.5) is 0 Å². The molecule has 3 rings (SSSR count). The van der Waals surface area contributed by atoms with Gasteiger partial charge in [-0.15, -0.1) is 0 Å². The lowest BCUT2D eigenvalue weighted by molar-refractivity contribution is -0.135. The molecule has 1 aliphatic heterocycles. The normalized spacial score (nSPS) is 18.7. The fraction of sp³-hybridized carbons (Fsp3) is 0.417. The third-order valence-electron chi connectivity index (χ3n) is 5.67. The van der Waals surface area contributed by atoms with Crippen molar-refractivity contribution in [1.82, 2.24) is 10.2 Å². The molecule has 2 aromatic carbocycles. The Morgan fingerprint density at radius 3 is 2.69 bits per heavy atom. The van der Waals surface area contributed by atoms with Gasteiger partial charge in [0.05, 0.1) is 5.41 Å². The van der Waals surface area contributed by atoms with Crippen LogP contribution in [0.15, 0.2) is 48.5 Å². The van der Waals surface area contributed by atoms with E-state index in [0.717, 1.165) is 16.7 Å². The van der Waals surface area contributed by atoms with Gasteiger partial charge in [-0.05, 0) is 43.4 Å². The van der Waals surface area contributed by atoms with Gasteiger partial charge in [-0.2, -0.15) is 0 Å². The molecule has 1 atom stereocenters. The van der Waals surface area contributed by atoms with Crippen LogP contribution in [0.5, 0.6) is 0 Å². The summed E-state index contributed by atoms with van der Waals surface area (Å²) in [5, 5.41) is 3.00. The number of rotatable bonds is 7. The second-order valence-corrected chi connectivity index (χ2v) is 7.84. The summed E-state index contributed by atoms with van der Waals surface area (Å²) in [6.07, 6.45) is 1.25. The third kappa shape index (κ3) is 4.67. The van der Waals surface area contributed by atoms with Crippen molar-refractivity contribution in [1.29, 1.82) is 0 Å². The number of aryl methyl sites for hydroxylation is 1. The van der Waals surface area contributed by atoms with Gasteiger partial charge in [-0.25, -0.2) is 0 Å². The van der Waals surface area contributed by atoms with E-state index in [0.29, 0.717) is 32.5 Å². The van der Waals surface area contributed by atoms with Crippen molar-refractivity contribution in [3.8, 4) is 11.1 Å². The zero-order chi connectivity index (χ0) is 20.9. The molecule has 1 fully saturated rings. The van der Waals surface area contributed by atoms with E-state index < -0.39 is 5.41 Å². The summed E-state index contributed by atoms with van der Waals surface area (Å²) in [4.78, 5) is 27.2. The minimum absolute atomic E-state index is 0.0202. The minimum Gasteiger partial charge on any atom is -0.375 e. The van der Waals surface area contributed by atoms with Crippen LogP contribution in [0.25, 0.3) is 11.1 Å². The Morgan fingerprint density at radius 1 is 1.17 bits per heavy atom. The second-order valence-electron chi connectivity index (χ2n) is 7.84. The number of amides is 2. The van der Waals surface area contributed by atoms with E-state index in [4.69, 9.17) is 4.74 Å². The molecule has 154 valence electrons. The van der Waals surface area contributed by atoms with E-state index in [1.54, 1.807) is 4.90 Å². The Kier molecular flexibility index (Phi) is 6.70. The second kappa shape index (κ2) is 9.23. The summed E-state index contributed by atoms with van der Waals surface area (Å²) in [5.74, 6) is -0.0441. The highest BCUT2D eigenvalue weighted by molar-refractivity contribution is 5.86. The largest absolute Gasteiger partial charge is 0.375 e. The standard InChI is InChI=1S/C24H30N2O3/c1-4-25-23(28)24(12-13-26(17-24)22(27)16-29-3)15-20-9-5-6-11-21(20)19-10-7-8-18(2)14-19/h5-11,14H,4,12-13,15-17H2,1-3H3,(H,25,28)/t24-/m1/s1. The van der Waals surface area contributed by atoms with Crippen molar-refractivity contribution in [3.05, 3.63) is 59.7 Å². The first-order valence-electron chi connectivity index (χ1n) is 10.2. The molecule has 0 aromatic heterocycles. The van der Waals surface area contributed by atoms with E-state index >= 15 is 0 Å². The Hall–Kier alpha value is -2.66. The van der Waals surface area contributed by atoms with E-state index in [1.165, 1.54) is 12.7 Å². The number of carbonyl (C=O) groups excluding carboxylic acids is 2. The molecule has 2 amide bonds.